The van der Waals surface area contributed by atoms with E-state index in [1.54, 1.807) is 0 Å². The molecule has 0 fully saturated rings. The highest BCUT2D eigenvalue weighted by Crippen LogP contribution is 2.27. The molecule has 0 atom stereocenters. The zero-order chi connectivity index (χ0) is 28.9. The first-order valence-corrected chi connectivity index (χ1v) is 14.9. The predicted molar refractivity (Wildman–Crippen MR) is 159 cm³/mol. The third-order valence-corrected chi connectivity index (χ3v) is 8.33. The molecule has 210 valence electrons. The quantitative estimate of drug-likeness (QED) is 0.156. The number of hydrogen-bond donors (Lipinski definition) is 3. The Morgan fingerprint density at radius 1 is 0.902 bits per heavy atom. The minimum absolute atomic E-state index is 0.00995. The number of carbonyl (C=O) groups excluding carboxylic acids is 3. The van der Waals surface area contributed by atoms with Crippen molar-refractivity contribution in [3.8, 4) is 0 Å². The average molecular weight is 610 g/mol. The van der Waals surface area contributed by atoms with Gasteiger partial charge in [0.05, 0.1) is 32.6 Å². The summed E-state index contributed by atoms with van der Waals surface area (Å²) in [6, 6.07) is 11.6. The van der Waals surface area contributed by atoms with Crippen LogP contribution in [-0.2, 0) is 25.5 Å². The van der Waals surface area contributed by atoms with Crippen LogP contribution in [-0.4, -0.2) is 55.3 Å². The first-order chi connectivity index (χ1) is 19.7. The Hall–Kier alpha value is -4.21. The van der Waals surface area contributed by atoms with Gasteiger partial charge in [0, 0.05) is 6.42 Å². The van der Waals surface area contributed by atoms with Crippen LogP contribution in [0.25, 0.3) is 20.4 Å². The summed E-state index contributed by atoms with van der Waals surface area (Å²) in [6.07, 6.45) is -0.190. The number of ether oxygens (including phenoxy) is 1. The molecule has 2 aromatic carbocycles. The summed E-state index contributed by atoms with van der Waals surface area (Å²) in [4.78, 5) is 60.3. The van der Waals surface area contributed by atoms with Gasteiger partial charge < -0.3 is 10.1 Å². The summed E-state index contributed by atoms with van der Waals surface area (Å²) < 4.78 is 6.92. The Bertz CT molecular complexity index is 1830. The number of esters is 1. The van der Waals surface area contributed by atoms with Crippen LogP contribution in [0.1, 0.15) is 23.2 Å². The second-order valence-corrected chi connectivity index (χ2v) is 12.0. The van der Waals surface area contributed by atoms with Crippen molar-refractivity contribution in [1.82, 2.24) is 25.1 Å². The number of aryl methyl sites for hydroxylation is 3. The van der Waals surface area contributed by atoms with E-state index in [0.29, 0.717) is 10.3 Å². The first-order valence-electron chi connectivity index (χ1n) is 12.3. The fraction of sp³-hybridized carbons (Fsp3) is 0.231. The zero-order valence-electron chi connectivity index (χ0n) is 21.8. The average Bonchev–Trinajstić information content (AvgIpc) is 3.52. The molecule has 41 heavy (non-hydrogen) atoms. The Kier molecular flexibility index (Phi) is 8.66. The smallest absolute Gasteiger partial charge is 0.306 e. The molecule has 2 amide bonds. The normalized spacial score (nSPS) is 11.1. The van der Waals surface area contributed by atoms with Crippen LogP contribution in [0.2, 0.25) is 0 Å². The molecular weight excluding hydrogens is 587 g/mol. The number of nitrogens with zero attached hydrogens (tertiary/aromatic N) is 4. The molecule has 0 spiro atoms. The molecule has 0 aliphatic heterocycles. The fourth-order valence-electron chi connectivity index (χ4n) is 3.63. The van der Waals surface area contributed by atoms with Crippen molar-refractivity contribution in [2.75, 3.05) is 23.0 Å². The van der Waals surface area contributed by atoms with Crippen LogP contribution in [0, 0.1) is 13.8 Å². The highest BCUT2D eigenvalue weighted by atomic mass is 32.2. The number of amides is 2. The van der Waals surface area contributed by atoms with Gasteiger partial charge in [-0.3, -0.25) is 29.5 Å². The monoisotopic (exact) mass is 609 g/mol. The number of rotatable bonds is 10. The van der Waals surface area contributed by atoms with E-state index in [2.05, 4.69) is 35.8 Å². The van der Waals surface area contributed by atoms with Crippen LogP contribution < -0.4 is 16.2 Å². The summed E-state index contributed by atoms with van der Waals surface area (Å²) in [5, 5.41) is 14.2. The number of anilines is 2. The van der Waals surface area contributed by atoms with Gasteiger partial charge >= 0.3 is 5.97 Å². The third kappa shape index (κ3) is 7.50. The molecule has 0 saturated heterocycles. The number of hydrogen-bond acceptors (Lipinski definition) is 12. The Morgan fingerprint density at radius 3 is 2.12 bits per heavy atom. The van der Waals surface area contributed by atoms with E-state index in [9.17, 15) is 19.2 Å². The largest absolute Gasteiger partial charge is 0.456 e. The molecule has 0 radical (unpaired) electrons. The molecule has 0 saturated carbocycles. The number of thioether (sulfide) groups is 1. The lowest BCUT2D eigenvalue weighted by atomic mass is 10.2. The standard InChI is InChI=1S/C26H23N7O5S3/c1-13-3-5-15-18(9-13)40-24(27-15)29-20(34)11-38-22(36)8-7-17-23(37)31-26(33-32-17)39-12-21(35)30-25-28-16-6-4-14(2)10-19(16)41-25/h3-6,9-10H,7-8,11-12H2,1-2H3,(H,27,29,34)(H,28,30,35)(H,31,33,37). The highest BCUT2D eigenvalue weighted by Gasteiger charge is 2.14. The molecular formula is C26H23N7O5S3. The summed E-state index contributed by atoms with van der Waals surface area (Å²) >= 11 is 3.72. The molecule has 15 heteroatoms. The molecule has 3 N–H and O–H groups in total. The van der Waals surface area contributed by atoms with Gasteiger partial charge in [-0.1, -0.05) is 46.6 Å². The number of aromatic nitrogens is 5. The molecule has 0 aliphatic carbocycles. The summed E-state index contributed by atoms with van der Waals surface area (Å²) in [5.74, 6) is -1.50. The van der Waals surface area contributed by atoms with Crippen LogP contribution in [0.5, 0.6) is 0 Å². The van der Waals surface area contributed by atoms with E-state index in [1.165, 1.54) is 22.7 Å². The van der Waals surface area contributed by atoms with Gasteiger partial charge in [0.15, 0.2) is 22.0 Å². The molecule has 5 rings (SSSR count). The zero-order valence-corrected chi connectivity index (χ0v) is 24.3. The molecule has 0 bridgehead atoms. The molecule has 0 unspecified atom stereocenters. The Labute approximate surface area is 245 Å². The minimum Gasteiger partial charge on any atom is -0.456 e. The summed E-state index contributed by atoms with van der Waals surface area (Å²) in [5.41, 5.74) is 3.28. The lowest BCUT2D eigenvalue weighted by Crippen LogP contribution is -2.22. The SMILES string of the molecule is Cc1ccc2nc(NC(=O)COC(=O)CCc3nnc(SCC(=O)Nc4nc5ccc(C)cc5s4)[nH]c3=O)sc2c1. The lowest BCUT2D eigenvalue weighted by molar-refractivity contribution is -0.147. The number of benzene rings is 2. The fourth-order valence-corrected chi connectivity index (χ4v) is 6.19. The molecule has 12 nitrogen and oxygen atoms in total. The lowest BCUT2D eigenvalue weighted by Gasteiger charge is -2.05. The third-order valence-electron chi connectivity index (χ3n) is 5.59. The van der Waals surface area contributed by atoms with Crippen LogP contribution >= 0.6 is 34.4 Å². The van der Waals surface area contributed by atoms with Crippen molar-refractivity contribution >= 4 is 82.9 Å². The maximum atomic E-state index is 12.4. The van der Waals surface area contributed by atoms with E-state index in [4.69, 9.17) is 4.74 Å². The van der Waals surface area contributed by atoms with Crippen LogP contribution in [0.4, 0.5) is 10.3 Å². The molecule has 3 aromatic heterocycles. The molecule has 0 aliphatic rings. The maximum Gasteiger partial charge on any atom is 0.306 e. The van der Waals surface area contributed by atoms with Crippen molar-refractivity contribution in [2.24, 2.45) is 0 Å². The topological polar surface area (TPSA) is 169 Å². The van der Waals surface area contributed by atoms with Gasteiger partial charge in [-0.25, -0.2) is 9.97 Å². The number of fused-ring (bicyclic) bond motifs is 2. The second-order valence-electron chi connectivity index (χ2n) is 8.93. The number of thiazole rings is 2. The Morgan fingerprint density at radius 2 is 1.51 bits per heavy atom. The number of aromatic amines is 1. The van der Waals surface area contributed by atoms with E-state index in [-0.39, 0.29) is 35.4 Å². The second kappa shape index (κ2) is 12.5. The van der Waals surface area contributed by atoms with Crippen molar-refractivity contribution in [3.63, 3.8) is 0 Å². The van der Waals surface area contributed by atoms with Crippen molar-refractivity contribution in [3.05, 3.63) is 63.6 Å². The van der Waals surface area contributed by atoms with Crippen molar-refractivity contribution < 1.29 is 19.1 Å². The summed E-state index contributed by atoms with van der Waals surface area (Å²) in [6.45, 7) is 3.48. The van der Waals surface area contributed by atoms with E-state index in [0.717, 1.165) is 43.3 Å². The predicted octanol–water partition coefficient (Wildman–Crippen LogP) is 3.85. The van der Waals surface area contributed by atoms with E-state index in [1.807, 2.05) is 50.2 Å². The minimum atomic E-state index is -0.665. The van der Waals surface area contributed by atoms with E-state index >= 15 is 0 Å². The molecule has 5 aromatic rings. The van der Waals surface area contributed by atoms with Gasteiger partial charge in [-0.2, -0.15) is 0 Å². The van der Waals surface area contributed by atoms with Crippen molar-refractivity contribution in [1.29, 1.82) is 0 Å². The van der Waals surface area contributed by atoms with E-state index < -0.39 is 24.0 Å². The maximum absolute atomic E-state index is 12.4. The number of H-pyrrole nitrogens is 1. The van der Waals surface area contributed by atoms with Gasteiger partial charge in [0.2, 0.25) is 5.91 Å². The van der Waals surface area contributed by atoms with Crippen molar-refractivity contribution in [2.45, 2.75) is 31.8 Å². The summed E-state index contributed by atoms with van der Waals surface area (Å²) in [7, 11) is 0. The Balaban J connectivity index is 1.04. The van der Waals surface area contributed by atoms with Gasteiger partial charge in [-0.05, 0) is 49.2 Å². The van der Waals surface area contributed by atoms with Gasteiger partial charge in [0.25, 0.3) is 11.5 Å². The highest BCUT2D eigenvalue weighted by molar-refractivity contribution is 7.99. The first kappa shape index (κ1) is 28.3. The van der Waals surface area contributed by atoms with Crippen LogP contribution in [0.3, 0.4) is 0 Å². The van der Waals surface area contributed by atoms with Gasteiger partial charge in [-0.15, -0.1) is 10.2 Å². The van der Waals surface area contributed by atoms with Gasteiger partial charge in [0.1, 0.15) is 5.69 Å². The molecule has 3 heterocycles. The number of carbonyl (C=O) groups is 3. The number of nitrogens with one attached hydrogen (secondary N) is 3. The van der Waals surface area contributed by atoms with Crippen LogP contribution in [0.15, 0.2) is 46.3 Å².